The van der Waals surface area contributed by atoms with Crippen molar-refractivity contribution >= 4 is 11.6 Å². The molecule has 1 aromatic rings. The molecule has 0 spiro atoms. The third-order valence-corrected chi connectivity index (χ3v) is 2.69. The number of nitrogens with one attached hydrogen (secondary N) is 1. The van der Waals surface area contributed by atoms with Crippen molar-refractivity contribution in [1.29, 1.82) is 0 Å². The minimum Gasteiger partial charge on any atom is -0.383 e. The number of hydrazine groups is 1. The molecule has 0 radical (unpaired) electrons. The Morgan fingerprint density at radius 2 is 2.06 bits per heavy atom. The van der Waals surface area contributed by atoms with Crippen molar-refractivity contribution in [2.75, 3.05) is 26.2 Å². The Morgan fingerprint density at radius 1 is 1.47 bits per heavy atom. The first kappa shape index (κ1) is 13.5. The molecule has 3 N–H and O–H groups in total. The Hall–Kier alpha value is -1.59. The van der Waals surface area contributed by atoms with Gasteiger partial charge in [-0.05, 0) is 31.2 Å². The van der Waals surface area contributed by atoms with E-state index in [0.717, 1.165) is 5.69 Å². The van der Waals surface area contributed by atoms with E-state index in [1.54, 1.807) is 43.3 Å². The van der Waals surface area contributed by atoms with Gasteiger partial charge in [0.15, 0.2) is 0 Å². The number of nitrogens with zero attached hydrogens (tertiary/aromatic N) is 1. The fourth-order valence-electron chi connectivity index (χ4n) is 1.47. The van der Waals surface area contributed by atoms with E-state index in [1.807, 2.05) is 6.92 Å². The van der Waals surface area contributed by atoms with Crippen LogP contribution in [0.2, 0.25) is 0 Å². The van der Waals surface area contributed by atoms with E-state index in [1.165, 1.54) is 0 Å². The largest absolute Gasteiger partial charge is 0.383 e. The van der Waals surface area contributed by atoms with Gasteiger partial charge in [-0.15, -0.1) is 0 Å². The number of amides is 1. The number of ether oxygens (including phenoxy) is 1. The zero-order valence-corrected chi connectivity index (χ0v) is 10.4. The highest BCUT2D eigenvalue weighted by Gasteiger charge is 2.16. The van der Waals surface area contributed by atoms with E-state index in [4.69, 9.17) is 10.6 Å². The van der Waals surface area contributed by atoms with Gasteiger partial charge in [0.1, 0.15) is 0 Å². The molecule has 1 unspecified atom stereocenters. The topological polar surface area (TPSA) is 67.6 Å². The fourth-order valence-corrected chi connectivity index (χ4v) is 1.47. The smallest absolute Gasteiger partial charge is 0.253 e. The lowest BCUT2D eigenvalue weighted by Gasteiger charge is -2.24. The highest BCUT2D eigenvalue weighted by atomic mass is 16.5. The molecule has 1 atom stereocenters. The van der Waals surface area contributed by atoms with Crippen molar-refractivity contribution in [3.63, 3.8) is 0 Å². The molecule has 5 nitrogen and oxygen atoms in total. The van der Waals surface area contributed by atoms with Gasteiger partial charge in [0.2, 0.25) is 0 Å². The van der Waals surface area contributed by atoms with E-state index in [-0.39, 0.29) is 11.9 Å². The second-order valence-corrected chi connectivity index (χ2v) is 3.94. The summed E-state index contributed by atoms with van der Waals surface area (Å²) < 4.78 is 5.03. The molecule has 5 heteroatoms. The molecule has 0 fully saturated rings. The van der Waals surface area contributed by atoms with Crippen molar-refractivity contribution in [3.8, 4) is 0 Å². The summed E-state index contributed by atoms with van der Waals surface area (Å²) in [6, 6.07) is 7.06. The molecule has 0 heterocycles. The third-order valence-electron chi connectivity index (χ3n) is 2.69. The van der Waals surface area contributed by atoms with Gasteiger partial charge in [-0.3, -0.25) is 10.6 Å². The molecule has 1 rings (SSSR count). The Bertz CT molecular complexity index is 365. The van der Waals surface area contributed by atoms with Crippen LogP contribution in [0.15, 0.2) is 24.3 Å². The van der Waals surface area contributed by atoms with Crippen LogP contribution in [0.1, 0.15) is 17.3 Å². The van der Waals surface area contributed by atoms with Gasteiger partial charge in [-0.2, -0.15) is 0 Å². The number of likely N-dealkylation sites (N-methyl/N-ethyl adjacent to an activating group) is 1. The Morgan fingerprint density at radius 3 is 2.53 bits per heavy atom. The average Bonchev–Trinajstić information content (AvgIpc) is 2.37. The maximum Gasteiger partial charge on any atom is 0.253 e. The van der Waals surface area contributed by atoms with Crippen LogP contribution < -0.4 is 11.3 Å². The summed E-state index contributed by atoms with van der Waals surface area (Å²) in [6.07, 6.45) is 0. The molecule has 0 bridgehead atoms. The van der Waals surface area contributed by atoms with E-state index in [2.05, 4.69) is 5.43 Å². The monoisotopic (exact) mass is 237 g/mol. The zero-order chi connectivity index (χ0) is 12.8. The normalized spacial score (nSPS) is 12.0. The number of hydrogen-bond acceptors (Lipinski definition) is 4. The molecule has 0 saturated heterocycles. The summed E-state index contributed by atoms with van der Waals surface area (Å²) in [5.41, 5.74) is 3.93. The summed E-state index contributed by atoms with van der Waals surface area (Å²) in [6.45, 7) is 2.46. The van der Waals surface area contributed by atoms with Crippen molar-refractivity contribution in [1.82, 2.24) is 4.90 Å². The number of carbonyl (C=O) groups excluding carboxylic acids is 1. The molecule has 94 valence electrons. The zero-order valence-electron chi connectivity index (χ0n) is 10.4. The van der Waals surface area contributed by atoms with Crippen LogP contribution in [0.5, 0.6) is 0 Å². The number of anilines is 1. The number of carbonyl (C=O) groups is 1. The van der Waals surface area contributed by atoms with Gasteiger partial charge < -0.3 is 15.1 Å². The summed E-state index contributed by atoms with van der Waals surface area (Å²) in [5.74, 6) is 5.23. The minimum absolute atomic E-state index is 0.0295. The van der Waals surface area contributed by atoms with Gasteiger partial charge in [-0.25, -0.2) is 0 Å². The number of nitrogen functional groups attached to an aromatic ring is 1. The SMILES string of the molecule is COCC(C)N(C)C(=O)c1ccc(NN)cc1. The predicted octanol–water partition coefficient (Wildman–Crippen LogP) is 1.08. The molecular weight excluding hydrogens is 218 g/mol. The molecule has 1 amide bonds. The standard InChI is InChI=1S/C12H19N3O2/c1-9(8-17-3)15(2)12(16)10-4-6-11(14-13)7-5-10/h4-7,9,14H,8,13H2,1-3H3. The summed E-state index contributed by atoms with van der Waals surface area (Å²) in [4.78, 5) is 13.7. The second-order valence-electron chi connectivity index (χ2n) is 3.94. The van der Waals surface area contributed by atoms with Gasteiger partial charge >= 0.3 is 0 Å². The van der Waals surface area contributed by atoms with Crippen LogP contribution in [0, 0.1) is 0 Å². The van der Waals surface area contributed by atoms with Gasteiger partial charge in [0.05, 0.1) is 12.6 Å². The van der Waals surface area contributed by atoms with Crippen molar-refractivity contribution in [2.45, 2.75) is 13.0 Å². The van der Waals surface area contributed by atoms with Crippen molar-refractivity contribution in [3.05, 3.63) is 29.8 Å². The Balaban J connectivity index is 2.74. The van der Waals surface area contributed by atoms with Crippen molar-refractivity contribution in [2.24, 2.45) is 5.84 Å². The summed E-state index contributed by atoms with van der Waals surface area (Å²) >= 11 is 0. The Labute approximate surface area is 102 Å². The number of rotatable bonds is 5. The molecular formula is C12H19N3O2. The van der Waals surface area contributed by atoms with E-state index >= 15 is 0 Å². The molecule has 0 aromatic heterocycles. The van der Waals surface area contributed by atoms with E-state index in [0.29, 0.717) is 12.2 Å². The first-order valence-corrected chi connectivity index (χ1v) is 5.43. The highest BCUT2D eigenvalue weighted by Crippen LogP contribution is 2.11. The maximum absolute atomic E-state index is 12.1. The Kier molecular flexibility index (Phi) is 4.93. The maximum atomic E-state index is 12.1. The van der Waals surface area contributed by atoms with Crippen LogP contribution in [0.3, 0.4) is 0 Å². The second kappa shape index (κ2) is 6.22. The molecule has 0 saturated carbocycles. The molecule has 17 heavy (non-hydrogen) atoms. The number of hydrogen-bond donors (Lipinski definition) is 2. The quantitative estimate of drug-likeness (QED) is 0.594. The van der Waals surface area contributed by atoms with E-state index < -0.39 is 0 Å². The first-order valence-electron chi connectivity index (χ1n) is 5.43. The highest BCUT2D eigenvalue weighted by molar-refractivity contribution is 5.94. The lowest BCUT2D eigenvalue weighted by molar-refractivity contribution is 0.0633. The van der Waals surface area contributed by atoms with Crippen LogP contribution >= 0.6 is 0 Å². The number of benzene rings is 1. The molecule has 0 aliphatic carbocycles. The predicted molar refractivity (Wildman–Crippen MR) is 67.7 cm³/mol. The van der Waals surface area contributed by atoms with Crippen molar-refractivity contribution < 1.29 is 9.53 Å². The first-order chi connectivity index (χ1) is 8.10. The van der Waals surface area contributed by atoms with Crippen LogP contribution in [0.25, 0.3) is 0 Å². The van der Waals surface area contributed by atoms with Gasteiger partial charge in [-0.1, -0.05) is 0 Å². The van der Waals surface area contributed by atoms with Crippen LogP contribution in [-0.2, 0) is 4.74 Å². The lowest BCUT2D eigenvalue weighted by Crippen LogP contribution is -2.37. The number of methoxy groups -OCH3 is 1. The third kappa shape index (κ3) is 3.44. The minimum atomic E-state index is -0.0295. The van der Waals surface area contributed by atoms with E-state index in [9.17, 15) is 4.79 Å². The molecule has 0 aliphatic rings. The average molecular weight is 237 g/mol. The van der Waals surface area contributed by atoms with Gasteiger partial charge in [0.25, 0.3) is 5.91 Å². The summed E-state index contributed by atoms with van der Waals surface area (Å²) in [7, 11) is 3.39. The van der Waals surface area contributed by atoms with Gasteiger partial charge in [0, 0.05) is 25.4 Å². The fraction of sp³-hybridized carbons (Fsp3) is 0.417. The van der Waals surface area contributed by atoms with Crippen LogP contribution in [-0.4, -0.2) is 37.6 Å². The molecule has 1 aromatic carbocycles. The molecule has 0 aliphatic heterocycles. The summed E-state index contributed by atoms with van der Waals surface area (Å²) in [5, 5.41) is 0. The lowest BCUT2D eigenvalue weighted by atomic mass is 10.1. The van der Waals surface area contributed by atoms with Crippen LogP contribution in [0.4, 0.5) is 5.69 Å². The number of nitrogens with two attached hydrogens (primary N) is 1.